The van der Waals surface area contributed by atoms with Gasteiger partial charge in [0, 0.05) is 39.0 Å². The van der Waals surface area contributed by atoms with Crippen molar-refractivity contribution in [2.45, 2.75) is 12.8 Å². The fourth-order valence-electron chi connectivity index (χ4n) is 3.29. The van der Waals surface area contributed by atoms with E-state index in [1.165, 1.54) is 0 Å². The van der Waals surface area contributed by atoms with E-state index in [4.69, 9.17) is 20.9 Å². The van der Waals surface area contributed by atoms with Crippen molar-refractivity contribution in [3.05, 3.63) is 35.2 Å². The number of nitrogens with one attached hydrogen (secondary N) is 1. The third-order valence-corrected chi connectivity index (χ3v) is 4.77. The van der Waals surface area contributed by atoms with Crippen molar-refractivity contribution in [3.63, 3.8) is 0 Å². The molecule has 1 aromatic carbocycles. The Labute approximate surface area is 161 Å². The highest BCUT2D eigenvalue weighted by atomic mass is 35.5. The summed E-state index contributed by atoms with van der Waals surface area (Å²) in [6, 6.07) is 7.68. The number of morpholine rings is 1. The first-order valence-electron chi connectivity index (χ1n) is 8.81. The van der Waals surface area contributed by atoms with E-state index >= 15 is 0 Å². The fourth-order valence-corrected chi connectivity index (χ4v) is 3.44. The smallest absolute Gasteiger partial charge is 0.226 e. The molecular formula is C18H20ClN5O3. The molecule has 8 nitrogen and oxygen atoms in total. The van der Waals surface area contributed by atoms with Crippen LogP contribution in [-0.4, -0.2) is 47.1 Å². The number of rotatable bonds is 5. The van der Waals surface area contributed by atoms with Gasteiger partial charge in [0.1, 0.15) is 5.76 Å². The van der Waals surface area contributed by atoms with Crippen LogP contribution in [0.5, 0.6) is 0 Å². The summed E-state index contributed by atoms with van der Waals surface area (Å²) >= 11 is 5.73. The number of benzene rings is 1. The Bertz CT molecular complexity index is 961. The Hall–Kier alpha value is -2.58. The second-order valence-corrected chi connectivity index (χ2v) is 6.79. The zero-order valence-corrected chi connectivity index (χ0v) is 15.7. The van der Waals surface area contributed by atoms with Gasteiger partial charge in [-0.2, -0.15) is 5.10 Å². The molecule has 9 heteroatoms. The summed E-state index contributed by atoms with van der Waals surface area (Å²) in [5.41, 5.74) is 2.03. The molecular weight excluding hydrogens is 370 g/mol. The highest BCUT2D eigenvalue weighted by Gasteiger charge is 2.20. The predicted octanol–water partition coefficient (Wildman–Crippen LogP) is 2.62. The van der Waals surface area contributed by atoms with Crippen LogP contribution in [0.3, 0.4) is 0 Å². The van der Waals surface area contributed by atoms with Crippen LogP contribution in [0.1, 0.15) is 12.2 Å². The Kier molecular flexibility index (Phi) is 5.00. The first-order chi connectivity index (χ1) is 13.1. The van der Waals surface area contributed by atoms with Gasteiger partial charge in [-0.05, 0) is 12.1 Å². The highest BCUT2D eigenvalue weighted by molar-refractivity contribution is 6.29. The largest absolute Gasteiger partial charge is 0.378 e. The third-order valence-electron chi connectivity index (χ3n) is 4.59. The number of fused-ring (bicyclic) bond motifs is 1. The average molecular weight is 390 g/mol. The standard InChI is InChI=1S/C18H20ClN5O3/c1-23-13-3-2-4-14(24-7-9-26-10-8-24)17(13)18(21-23)20-16(25)6-5-12-11-15(19)22-27-12/h2-4,11H,5-10H2,1H3,(H,20,21,25). The maximum atomic E-state index is 12.4. The Morgan fingerprint density at radius 3 is 2.89 bits per heavy atom. The van der Waals surface area contributed by atoms with Crippen molar-refractivity contribution in [1.29, 1.82) is 0 Å². The van der Waals surface area contributed by atoms with Crippen LogP contribution in [0.2, 0.25) is 5.15 Å². The zero-order chi connectivity index (χ0) is 18.8. The van der Waals surface area contributed by atoms with E-state index in [2.05, 4.69) is 26.5 Å². The van der Waals surface area contributed by atoms with Gasteiger partial charge in [-0.15, -0.1) is 0 Å². The van der Waals surface area contributed by atoms with Gasteiger partial charge in [0.05, 0.1) is 29.8 Å². The van der Waals surface area contributed by atoms with Gasteiger partial charge in [0.15, 0.2) is 11.0 Å². The van der Waals surface area contributed by atoms with E-state index in [1.54, 1.807) is 10.7 Å². The first-order valence-corrected chi connectivity index (χ1v) is 9.19. The zero-order valence-electron chi connectivity index (χ0n) is 14.9. The van der Waals surface area contributed by atoms with Crippen molar-refractivity contribution >= 4 is 39.9 Å². The van der Waals surface area contributed by atoms with Gasteiger partial charge in [-0.25, -0.2) is 0 Å². The van der Waals surface area contributed by atoms with Crippen LogP contribution in [0.4, 0.5) is 11.5 Å². The molecule has 27 heavy (non-hydrogen) atoms. The van der Waals surface area contributed by atoms with Crippen molar-refractivity contribution in [2.75, 3.05) is 36.5 Å². The van der Waals surface area contributed by atoms with E-state index < -0.39 is 0 Å². The van der Waals surface area contributed by atoms with E-state index in [9.17, 15) is 4.79 Å². The highest BCUT2D eigenvalue weighted by Crippen LogP contribution is 2.33. The SMILES string of the molecule is Cn1nc(NC(=O)CCc2cc(Cl)no2)c2c(N3CCOCC3)cccc21. The Balaban J connectivity index is 1.56. The summed E-state index contributed by atoms with van der Waals surface area (Å²) in [7, 11) is 1.87. The predicted molar refractivity (Wildman–Crippen MR) is 102 cm³/mol. The van der Waals surface area contributed by atoms with Gasteiger partial charge in [-0.1, -0.05) is 22.8 Å². The molecule has 2 aromatic heterocycles. The fraction of sp³-hybridized carbons (Fsp3) is 0.389. The van der Waals surface area contributed by atoms with Crippen LogP contribution < -0.4 is 10.2 Å². The summed E-state index contributed by atoms with van der Waals surface area (Å²) in [5, 5.41) is 12.3. The maximum Gasteiger partial charge on any atom is 0.226 e. The molecule has 0 aliphatic carbocycles. The molecule has 1 aliphatic heterocycles. The molecule has 142 valence electrons. The minimum atomic E-state index is -0.140. The monoisotopic (exact) mass is 389 g/mol. The lowest BCUT2D eigenvalue weighted by molar-refractivity contribution is -0.116. The van der Waals surface area contributed by atoms with Crippen LogP contribution in [-0.2, 0) is 23.0 Å². The number of halogens is 1. The van der Waals surface area contributed by atoms with E-state index in [0.29, 0.717) is 31.2 Å². The van der Waals surface area contributed by atoms with E-state index in [1.807, 2.05) is 19.2 Å². The molecule has 0 unspecified atom stereocenters. The van der Waals surface area contributed by atoms with E-state index in [0.717, 1.165) is 29.7 Å². The Morgan fingerprint density at radius 1 is 1.33 bits per heavy atom. The summed E-state index contributed by atoms with van der Waals surface area (Å²) < 4.78 is 12.3. The van der Waals surface area contributed by atoms with Crippen LogP contribution in [0.25, 0.3) is 10.9 Å². The number of hydrogen-bond donors (Lipinski definition) is 1. The molecule has 1 saturated heterocycles. The minimum Gasteiger partial charge on any atom is -0.378 e. The number of hydrogen-bond acceptors (Lipinski definition) is 6. The van der Waals surface area contributed by atoms with E-state index in [-0.39, 0.29) is 17.5 Å². The van der Waals surface area contributed by atoms with Gasteiger partial charge in [0.2, 0.25) is 5.91 Å². The lowest BCUT2D eigenvalue weighted by atomic mass is 10.1. The van der Waals surface area contributed by atoms with Crippen molar-refractivity contribution in [1.82, 2.24) is 14.9 Å². The second kappa shape index (κ2) is 7.58. The lowest BCUT2D eigenvalue weighted by Gasteiger charge is -2.29. The molecule has 1 N–H and O–H groups in total. The molecule has 3 aromatic rings. The van der Waals surface area contributed by atoms with Gasteiger partial charge >= 0.3 is 0 Å². The number of aryl methyl sites for hydroxylation is 2. The molecule has 0 bridgehead atoms. The lowest BCUT2D eigenvalue weighted by Crippen LogP contribution is -2.36. The number of aromatic nitrogens is 3. The van der Waals surface area contributed by atoms with Crippen LogP contribution in [0, 0.1) is 0 Å². The molecule has 0 radical (unpaired) electrons. The number of carbonyl (C=O) groups excluding carboxylic acids is 1. The second-order valence-electron chi connectivity index (χ2n) is 6.41. The van der Waals surface area contributed by atoms with Crippen LogP contribution >= 0.6 is 11.6 Å². The molecule has 0 saturated carbocycles. The molecule has 1 fully saturated rings. The molecule has 4 rings (SSSR count). The van der Waals surface area contributed by atoms with Gasteiger partial charge in [0.25, 0.3) is 0 Å². The number of carbonyl (C=O) groups is 1. The number of amides is 1. The normalized spacial score (nSPS) is 14.7. The molecule has 3 heterocycles. The first kappa shape index (κ1) is 17.8. The summed E-state index contributed by atoms with van der Waals surface area (Å²) in [6.07, 6.45) is 0.677. The van der Waals surface area contributed by atoms with Gasteiger partial charge in [-0.3, -0.25) is 9.48 Å². The van der Waals surface area contributed by atoms with Crippen molar-refractivity contribution < 1.29 is 14.1 Å². The third kappa shape index (κ3) is 3.77. The topological polar surface area (TPSA) is 85.4 Å². The number of anilines is 2. The van der Waals surface area contributed by atoms with Gasteiger partial charge < -0.3 is 19.5 Å². The maximum absolute atomic E-state index is 12.4. The molecule has 0 spiro atoms. The molecule has 1 amide bonds. The van der Waals surface area contributed by atoms with Crippen LogP contribution in [0.15, 0.2) is 28.8 Å². The Morgan fingerprint density at radius 2 is 2.15 bits per heavy atom. The number of nitrogens with zero attached hydrogens (tertiary/aromatic N) is 4. The summed E-state index contributed by atoms with van der Waals surface area (Å²) in [4.78, 5) is 14.7. The average Bonchev–Trinajstić information content (AvgIpc) is 3.24. The molecule has 1 aliphatic rings. The summed E-state index contributed by atoms with van der Waals surface area (Å²) in [5.74, 6) is 1.00. The van der Waals surface area contributed by atoms with Crippen molar-refractivity contribution in [3.8, 4) is 0 Å². The summed E-state index contributed by atoms with van der Waals surface area (Å²) in [6.45, 7) is 3.01. The van der Waals surface area contributed by atoms with Crippen molar-refractivity contribution in [2.24, 2.45) is 7.05 Å². The quantitative estimate of drug-likeness (QED) is 0.722. The minimum absolute atomic E-state index is 0.140. The number of ether oxygens (including phenoxy) is 1. The molecule has 0 atom stereocenters.